The zero-order valence-corrected chi connectivity index (χ0v) is 21.0. The monoisotopic (exact) mass is 496 g/mol. The quantitative estimate of drug-likeness (QED) is 0.276. The summed E-state index contributed by atoms with van der Waals surface area (Å²) in [5.41, 5.74) is 7.00. The minimum atomic E-state index is -0.281. The summed E-state index contributed by atoms with van der Waals surface area (Å²) in [6.07, 6.45) is 6.57. The Hall–Kier alpha value is -3.75. The van der Waals surface area contributed by atoms with Crippen LogP contribution in [-0.2, 0) is 16.0 Å². The molecule has 2 aromatic carbocycles. The number of nitrogens with one attached hydrogen (secondary N) is 4. The number of hydrogen-bond acceptors (Lipinski definition) is 6. The average molecular weight is 497 g/mol. The Bertz CT molecular complexity index is 1360. The fourth-order valence-electron chi connectivity index (χ4n) is 5.34. The van der Waals surface area contributed by atoms with Crippen LogP contribution < -0.4 is 10.6 Å². The standard InChI is InChI=1S/C29H32N6O2/c1-37-26(36)16-24-27(35-29(33-24)23-5-3-15-31-23)21-12-8-19(9-13-21)18-6-10-20(11-7-18)25-17-32-28(34-25)22-4-2-14-30-22/h6-13,17,22-23,30-31H,2-5,14-16H2,1H3,(H,32,34)(H,33,35)/t22-,23-/m0/s1. The third kappa shape index (κ3) is 4.95. The van der Waals surface area contributed by atoms with E-state index in [-0.39, 0.29) is 18.4 Å². The molecule has 0 bridgehead atoms. The molecule has 2 aliphatic rings. The maximum Gasteiger partial charge on any atom is 0.311 e. The summed E-state index contributed by atoms with van der Waals surface area (Å²) in [5.74, 6) is 1.62. The lowest BCUT2D eigenvalue weighted by molar-refractivity contribution is -0.139. The lowest BCUT2D eigenvalue weighted by Crippen LogP contribution is -2.14. The van der Waals surface area contributed by atoms with Gasteiger partial charge in [0.1, 0.15) is 11.6 Å². The normalized spacial score (nSPS) is 19.4. The summed E-state index contributed by atoms with van der Waals surface area (Å²) in [7, 11) is 1.41. The summed E-state index contributed by atoms with van der Waals surface area (Å²) >= 11 is 0. The molecule has 0 aliphatic carbocycles. The molecular formula is C29H32N6O2. The van der Waals surface area contributed by atoms with Crippen molar-refractivity contribution >= 4 is 5.97 Å². The zero-order valence-electron chi connectivity index (χ0n) is 21.0. The lowest BCUT2D eigenvalue weighted by atomic mass is 10.0. The van der Waals surface area contributed by atoms with Crippen LogP contribution in [0.15, 0.2) is 54.7 Å². The number of H-pyrrole nitrogens is 2. The predicted octanol–water partition coefficient (Wildman–Crippen LogP) is 4.70. The first-order chi connectivity index (χ1) is 18.2. The van der Waals surface area contributed by atoms with E-state index in [1.807, 2.05) is 6.20 Å². The maximum absolute atomic E-state index is 12.0. The molecule has 0 spiro atoms. The number of rotatable bonds is 7. The van der Waals surface area contributed by atoms with Crippen LogP contribution in [0.5, 0.6) is 0 Å². The van der Waals surface area contributed by atoms with Gasteiger partial charge in [-0.3, -0.25) is 4.79 Å². The Morgan fingerprint density at radius 3 is 2.03 bits per heavy atom. The van der Waals surface area contributed by atoms with Crippen molar-refractivity contribution in [2.24, 2.45) is 0 Å². The lowest BCUT2D eigenvalue weighted by Gasteiger charge is -2.07. The molecule has 2 saturated heterocycles. The molecule has 190 valence electrons. The number of carbonyl (C=O) groups is 1. The van der Waals surface area contributed by atoms with Gasteiger partial charge in [0.05, 0.1) is 48.9 Å². The molecule has 2 fully saturated rings. The van der Waals surface area contributed by atoms with Crippen LogP contribution in [0.2, 0.25) is 0 Å². The van der Waals surface area contributed by atoms with Gasteiger partial charge in [0.15, 0.2) is 0 Å². The number of ether oxygens (including phenoxy) is 1. The van der Waals surface area contributed by atoms with Crippen molar-refractivity contribution in [3.63, 3.8) is 0 Å². The number of benzene rings is 2. The van der Waals surface area contributed by atoms with E-state index in [9.17, 15) is 4.79 Å². The van der Waals surface area contributed by atoms with Crippen LogP contribution in [-0.4, -0.2) is 46.1 Å². The SMILES string of the molecule is COC(=O)Cc1[nH]c([C@@H]2CCCN2)nc1-c1ccc(-c2ccc(-c3cnc([C@@H]4CCCN4)[nH]3)cc2)cc1. The smallest absolute Gasteiger partial charge is 0.311 e. The number of imidazole rings is 2. The minimum Gasteiger partial charge on any atom is -0.469 e. The molecule has 4 N–H and O–H groups in total. The summed E-state index contributed by atoms with van der Waals surface area (Å²) in [4.78, 5) is 28.4. The molecule has 2 aromatic heterocycles. The Labute approximate surface area is 216 Å². The van der Waals surface area contributed by atoms with Crippen LogP contribution in [0, 0.1) is 0 Å². The predicted molar refractivity (Wildman–Crippen MR) is 143 cm³/mol. The van der Waals surface area contributed by atoms with Gasteiger partial charge in [0, 0.05) is 5.56 Å². The molecule has 0 radical (unpaired) electrons. The van der Waals surface area contributed by atoms with Gasteiger partial charge in [-0.15, -0.1) is 0 Å². The molecule has 4 heterocycles. The number of aromatic nitrogens is 4. The number of carbonyl (C=O) groups excluding carboxylic acids is 1. The van der Waals surface area contributed by atoms with Gasteiger partial charge in [-0.1, -0.05) is 48.5 Å². The van der Waals surface area contributed by atoms with Crippen molar-refractivity contribution in [3.8, 4) is 33.6 Å². The van der Waals surface area contributed by atoms with Crippen molar-refractivity contribution in [1.29, 1.82) is 0 Å². The number of nitrogens with zero attached hydrogens (tertiary/aromatic N) is 2. The third-order valence-electron chi connectivity index (χ3n) is 7.41. The molecule has 37 heavy (non-hydrogen) atoms. The van der Waals surface area contributed by atoms with E-state index in [0.717, 1.165) is 83.3 Å². The van der Waals surface area contributed by atoms with Crippen LogP contribution in [0.1, 0.15) is 55.1 Å². The van der Waals surface area contributed by atoms with E-state index in [1.54, 1.807) is 0 Å². The Balaban J connectivity index is 1.21. The van der Waals surface area contributed by atoms with E-state index in [2.05, 4.69) is 74.1 Å². The maximum atomic E-state index is 12.0. The highest BCUT2D eigenvalue weighted by atomic mass is 16.5. The average Bonchev–Trinajstić information content (AvgIpc) is 3.75. The molecule has 8 heteroatoms. The molecule has 4 aromatic rings. The van der Waals surface area contributed by atoms with E-state index >= 15 is 0 Å². The Morgan fingerprint density at radius 1 is 0.838 bits per heavy atom. The highest BCUT2D eigenvalue weighted by Gasteiger charge is 2.23. The van der Waals surface area contributed by atoms with Gasteiger partial charge >= 0.3 is 5.97 Å². The molecule has 0 unspecified atom stereocenters. The summed E-state index contributed by atoms with van der Waals surface area (Å²) in [6, 6.07) is 17.4. The molecule has 0 saturated carbocycles. The first kappa shape index (κ1) is 23.6. The molecule has 0 amide bonds. The number of hydrogen-bond donors (Lipinski definition) is 4. The first-order valence-electron chi connectivity index (χ1n) is 13.1. The van der Waals surface area contributed by atoms with Crippen molar-refractivity contribution < 1.29 is 9.53 Å². The van der Waals surface area contributed by atoms with Crippen molar-refractivity contribution in [2.45, 2.75) is 44.2 Å². The Kier molecular flexibility index (Phi) is 6.59. The highest BCUT2D eigenvalue weighted by Crippen LogP contribution is 2.31. The van der Waals surface area contributed by atoms with Crippen LogP contribution in [0.4, 0.5) is 0 Å². The van der Waals surface area contributed by atoms with E-state index in [0.29, 0.717) is 6.04 Å². The van der Waals surface area contributed by atoms with Gasteiger partial charge in [0.25, 0.3) is 0 Å². The molecular weight excluding hydrogens is 464 g/mol. The second-order valence-electron chi connectivity index (χ2n) is 9.84. The van der Waals surface area contributed by atoms with Crippen LogP contribution in [0.25, 0.3) is 33.6 Å². The van der Waals surface area contributed by atoms with Gasteiger partial charge in [-0.2, -0.15) is 0 Å². The largest absolute Gasteiger partial charge is 0.469 e. The zero-order chi connectivity index (χ0) is 25.2. The summed E-state index contributed by atoms with van der Waals surface area (Å²) in [6.45, 7) is 2.04. The fraction of sp³-hybridized carbons (Fsp3) is 0.345. The fourth-order valence-corrected chi connectivity index (χ4v) is 5.34. The van der Waals surface area contributed by atoms with Crippen LogP contribution >= 0.6 is 0 Å². The van der Waals surface area contributed by atoms with Gasteiger partial charge in [-0.25, -0.2) is 9.97 Å². The molecule has 2 aliphatic heterocycles. The summed E-state index contributed by atoms with van der Waals surface area (Å²) in [5, 5.41) is 6.96. The first-order valence-corrected chi connectivity index (χ1v) is 13.1. The van der Waals surface area contributed by atoms with E-state index in [1.165, 1.54) is 13.5 Å². The van der Waals surface area contributed by atoms with Gasteiger partial charge in [0.2, 0.25) is 0 Å². The second kappa shape index (κ2) is 10.3. The van der Waals surface area contributed by atoms with Crippen molar-refractivity contribution in [1.82, 2.24) is 30.6 Å². The minimum absolute atomic E-state index is 0.168. The number of esters is 1. The Morgan fingerprint density at radius 2 is 1.43 bits per heavy atom. The van der Waals surface area contributed by atoms with E-state index < -0.39 is 0 Å². The second-order valence-corrected chi connectivity index (χ2v) is 9.84. The van der Waals surface area contributed by atoms with E-state index in [4.69, 9.17) is 9.72 Å². The molecule has 6 rings (SSSR count). The number of methoxy groups -OCH3 is 1. The van der Waals surface area contributed by atoms with Crippen molar-refractivity contribution in [2.75, 3.05) is 20.2 Å². The molecule has 8 nitrogen and oxygen atoms in total. The van der Waals surface area contributed by atoms with Crippen LogP contribution in [0.3, 0.4) is 0 Å². The third-order valence-corrected chi connectivity index (χ3v) is 7.41. The summed E-state index contributed by atoms with van der Waals surface area (Å²) < 4.78 is 4.91. The van der Waals surface area contributed by atoms with Gasteiger partial charge < -0.3 is 25.3 Å². The topological polar surface area (TPSA) is 108 Å². The van der Waals surface area contributed by atoms with Gasteiger partial charge in [-0.05, 0) is 55.5 Å². The van der Waals surface area contributed by atoms with Crippen molar-refractivity contribution in [3.05, 3.63) is 72.1 Å². The highest BCUT2D eigenvalue weighted by molar-refractivity contribution is 5.77. The molecule has 2 atom stereocenters. The number of aromatic amines is 2.